The number of piperidine rings is 1. The van der Waals surface area contributed by atoms with Gasteiger partial charge in [-0.3, -0.25) is 4.90 Å². The molecular weight excluding hydrogens is 345 g/mol. The molecule has 0 bridgehead atoms. The molecule has 1 amide bonds. The summed E-state index contributed by atoms with van der Waals surface area (Å²) in [5.74, 6) is 0. The lowest BCUT2D eigenvalue weighted by Crippen LogP contribution is -2.56. The number of nitrogens with zero attached hydrogens (tertiary/aromatic N) is 1. The number of rotatable bonds is 3. The highest BCUT2D eigenvalue weighted by Crippen LogP contribution is 2.37. The van der Waals surface area contributed by atoms with Crippen LogP contribution in [0.1, 0.15) is 52.1 Å². The van der Waals surface area contributed by atoms with Gasteiger partial charge in [0.15, 0.2) is 0 Å². The fourth-order valence-electron chi connectivity index (χ4n) is 3.30. The lowest BCUT2D eigenvalue weighted by molar-refractivity contribution is -0.199. The Hall–Kier alpha value is -1.76. The van der Waals surface area contributed by atoms with Gasteiger partial charge in [0.05, 0.1) is 0 Å². The van der Waals surface area contributed by atoms with Crippen LogP contribution in [-0.4, -0.2) is 41.4 Å². The van der Waals surface area contributed by atoms with E-state index < -0.39 is 30.0 Å². The molecule has 0 unspecified atom stereocenters. The second-order valence-electron chi connectivity index (χ2n) is 7.75. The van der Waals surface area contributed by atoms with Crippen molar-refractivity contribution in [3.8, 4) is 0 Å². The van der Waals surface area contributed by atoms with Crippen molar-refractivity contribution < 1.29 is 22.7 Å². The number of likely N-dealkylation sites (tertiary alicyclic amines) is 1. The molecular formula is C19H27F3N2O2. The Labute approximate surface area is 152 Å². The molecule has 1 fully saturated rings. The topological polar surface area (TPSA) is 41.6 Å². The minimum absolute atomic E-state index is 0.181. The quantitative estimate of drug-likeness (QED) is 0.838. The number of hydrogen-bond donors (Lipinski definition) is 1. The second-order valence-corrected chi connectivity index (χ2v) is 7.75. The number of alkyl halides is 3. The fraction of sp³-hybridized carbons (Fsp3) is 0.632. The number of amides is 1. The number of alkyl carbamates (subject to hydrolysis) is 1. The van der Waals surface area contributed by atoms with Crippen LogP contribution in [0.5, 0.6) is 0 Å². The van der Waals surface area contributed by atoms with Gasteiger partial charge in [0.2, 0.25) is 0 Å². The Morgan fingerprint density at radius 3 is 2.38 bits per heavy atom. The largest absolute Gasteiger partial charge is 0.444 e. The molecule has 1 N–H and O–H groups in total. The third-order valence-electron chi connectivity index (χ3n) is 4.52. The number of carbonyl (C=O) groups excluding carboxylic acids is 1. The summed E-state index contributed by atoms with van der Waals surface area (Å²) in [7, 11) is 0. The molecule has 1 heterocycles. The van der Waals surface area contributed by atoms with E-state index in [1.165, 1.54) is 4.90 Å². The van der Waals surface area contributed by atoms with E-state index in [4.69, 9.17) is 4.74 Å². The van der Waals surface area contributed by atoms with Crippen LogP contribution in [0.4, 0.5) is 18.0 Å². The maximum Gasteiger partial charge on any atom is 0.407 e. The summed E-state index contributed by atoms with van der Waals surface area (Å²) >= 11 is 0. The molecule has 1 saturated heterocycles. The van der Waals surface area contributed by atoms with Crippen molar-refractivity contribution in [2.75, 3.05) is 6.54 Å². The monoisotopic (exact) mass is 372 g/mol. The first kappa shape index (κ1) is 20.6. The summed E-state index contributed by atoms with van der Waals surface area (Å²) in [4.78, 5) is 13.4. The normalized spacial score (nSPS) is 23.3. The first-order chi connectivity index (χ1) is 12.0. The predicted molar refractivity (Wildman–Crippen MR) is 93.8 cm³/mol. The van der Waals surface area contributed by atoms with E-state index in [0.717, 1.165) is 5.56 Å². The van der Waals surface area contributed by atoms with E-state index in [-0.39, 0.29) is 19.0 Å². The highest BCUT2D eigenvalue weighted by molar-refractivity contribution is 5.68. The lowest BCUT2D eigenvalue weighted by atomic mass is 9.93. The third-order valence-corrected chi connectivity index (χ3v) is 4.52. The average molecular weight is 372 g/mol. The molecule has 146 valence electrons. The molecule has 2 rings (SSSR count). The first-order valence-electron chi connectivity index (χ1n) is 8.84. The van der Waals surface area contributed by atoms with Gasteiger partial charge in [0, 0.05) is 18.6 Å². The first-order valence-corrected chi connectivity index (χ1v) is 8.84. The minimum atomic E-state index is -4.36. The minimum Gasteiger partial charge on any atom is -0.444 e. The van der Waals surface area contributed by atoms with Gasteiger partial charge in [-0.15, -0.1) is 0 Å². The van der Waals surface area contributed by atoms with Gasteiger partial charge in [0.25, 0.3) is 0 Å². The van der Waals surface area contributed by atoms with E-state index in [1.807, 2.05) is 30.3 Å². The van der Waals surface area contributed by atoms with Crippen LogP contribution in [0, 0.1) is 0 Å². The van der Waals surface area contributed by atoms with E-state index in [1.54, 1.807) is 27.7 Å². The summed E-state index contributed by atoms with van der Waals surface area (Å²) in [5, 5.41) is 2.59. The molecule has 0 aromatic heterocycles. The molecule has 0 radical (unpaired) electrons. The molecule has 1 aliphatic rings. The molecule has 1 aromatic carbocycles. The summed E-state index contributed by atoms with van der Waals surface area (Å²) in [6, 6.07) is 6.64. The van der Waals surface area contributed by atoms with Crippen LogP contribution in [0.15, 0.2) is 30.3 Å². The zero-order valence-electron chi connectivity index (χ0n) is 15.6. The second kappa shape index (κ2) is 7.86. The van der Waals surface area contributed by atoms with Crippen molar-refractivity contribution in [3.63, 3.8) is 0 Å². The molecule has 0 saturated carbocycles. The molecule has 0 aliphatic carbocycles. The Morgan fingerprint density at radius 1 is 1.23 bits per heavy atom. The Bertz CT molecular complexity index is 599. The Morgan fingerprint density at radius 2 is 1.85 bits per heavy atom. The summed E-state index contributed by atoms with van der Waals surface area (Å²) in [6.07, 6.45) is -4.77. The maximum atomic E-state index is 13.7. The zero-order chi connectivity index (χ0) is 19.5. The number of ether oxygens (including phenoxy) is 1. The smallest absolute Gasteiger partial charge is 0.407 e. The van der Waals surface area contributed by atoms with Crippen molar-refractivity contribution in [3.05, 3.63) is 35.9 Å². The Balaban J connectivity index is 2.09. The van der Waals surface area contributed by atoms with E-state index >= 15 is 0 Å². The van der Waals surface area contributed by atoms with Gasteiger partial charge in [-0.2, -0.15) is 13.2 Å². The molecule has 4 nitrogen and oxygen atoms in total. The number of carbonyl (C=O) groups is 1. The van der Waals surface area contributed by atoms with Crippen molar-refractivity contribution in [2.24, 2.45) is 0 Å². The van der Waals surface area contributed by atoms with Crippen molar-refractivity contribution in [1.82, 2.24) is 10.2 Å². The van der Waals surface area contributed by atoms with Crippen LogP contribution in [0.3, 0.4) is 0 Å². The van der Waals surface area contributed by atoms with Gasteiger partial charge in [-0.05, 0) is 46.1 Å². The molecule has 7 heteroatoms. The maximum absolute atomic E-state index is 13.7. The van der Waals surface area contributed by atoms with Gasteiger partial charge < -0.3 is 10.1 Å². The van der Waals surface area contributed by atoms with Gasteiger partial charge >= 0.3 is 12.3 Å². The number of nitrogens with one attached hydrogen (secondary N) is 1. The van der Waals surface area contributed by atoms with E-state index in [9.17, 15) is 18.0 Å². The number of halogens is 3. The van der Waals surface area contributed by atoms with Gasteiger partial charge in [-0.1, -0.05) is 30.3 Å². The number of benzene rings is 1. The van der Waals surface area contributed by atoms with E-state index in [2.05, 4.69) is 5.32 Å². The molecule has 3 atom stereocenters. The van der Waals surface area contributed by atoms with Crippen molar-refractivity contribution in [1.29, 1.82) is 0 Å². The fourth-order valence-corrected chi connectivity index (χ4v) is 3.30. The van der Waals surface area contributed by atoms with E-state index in [0.29, 0.717) is 6.42 Å². The highest BCUT2D eigenvalue weighted by Gasteiger charge is 2.48. The lowest BCUT2D eigenvalue weighted by Gasteiger charge is -2.43. The number of hydrogen-bond acceptors (Lipinski definition) is 3. The molecule has 0 spiro atoms. The highest BCUT2D eigenvalue weighted by atomic mass is 19.4. The van der Waals surface area contributed by atoms with Crippen LogP contribution in [-0.2, 0) is 4.74 Å². The van der Waals surface area contributed by atoms with Crippen molar-refractivity contribution >= 4 is 6.09 Å². The zero-order valence-corrected chi connectivity index (χ0v) is 15.6. The van der Waals surface area contributed by atoms with Gasteiger partial charge in [0.1, 0.15) is 11.6 Å². The Kier molecular flexibility index (Phi) is 6.21. The van der Waals surface area contributed by atoms with Crippen LogP contribution in [0.2, 0.25) is 0 Å². The van der Waals surface area contributed by atoms with Crippen LogP contribution < -0.4 is 5.32 Å². The average Bonchev–Trinajstić information content (AvgIpc) is 2.52. The van der Waals surface area contributed by atoms with Crippen LogP contribution in [0.25, 0.3) is 0 Å². The summed E-state index contributed by atoms with van der Waals surface area (Å²) in [6.45, 7) is 7.19. The predicted octanol–water partition coefficient (Wildman–Crippen LogP) is 4.67. The molecule has 26 heavy (non-hydrogen) atoms. The van der Waals surface area contributed by atoms with Crippen molar-refractivity contribution in [2.45, 2.75) is 70.4 Å². The third kappa shape index (κ3) is 5.62. The molecule has 1 aliphatic heterocycles. The molecule has 1 aromatic rings. The summed E-state index contributed by atoms with van der Waals surface area (Å²) in [5.41, 5.74) is 0.163. The standard InChI is InChI=1S/C19H27F3N2O2/c1-13(14-8-6-5-7-9-14)24-11-10-15(12-16(24)19(20,21)22)23-17(25)26-18(2,3)4/h5-9,13,15-16H,10-12H2,1-4H3,(H,23,25)/t13-,15+,16+/m1/s1. The van der Waals surface area contributed by atoms with Gasteiger partial charge in [-0.25, -0.2) is 4.79 Å². The SMILES string of the molecule is C[C@H](c1ccccc1)N1CC[C@H](NC(=O)OC(C)(C)C)C[C@H]1C(F)(F)F. The summed E-state index contributed by atoms with van der Waals surface area (Å²) < 4.78 is 46.2. The van der Waals surface area contributed by atoms with Crippen LogP contribution >= 0.6 is 0 Å².